The zero-order valence-electron chi connectivity index (χ0n) is 20.7. The molecule has 2 aromatic rings. The number of halogens is 3. The Morgan fingerprint density at radius 1 is 0.973 bits per heavy atom. The van der Waals surface area contributed by atoms with Crippen LogP contribution in [0.15, 0.2) is 54.1 Å². The highest BCUT2D eigenvalue weighted by atomic mass is 35.5. The van der Waals surface area contributed by atoms with Gasteiger partial charge in [-0.2, -0.15) is 0 Å². The molecule has 2 aliphatic rings. The first-order valence-electron chi connectivity index (χ1n) is 12.4. The zero-order chi connectivity index (χ0) is 26.5. The third-order valence-corrected chi connectivity index (χ3v) is 8.21. The van der Waals surface area contributed by atoms with Crippen LogP contribution in [0.5, 0.6) is 0 Å². The lowest BCUT2D eigenvalue weighted by Gasteiger charge is -2.39. The Morgan fingerprint density at radius 3 is 2.30 bits per heavy atom. The predicted octanol–water partition coefficient (Wildman–Crippen LogP) is 5.42. The van der Waals surface area contributed by atoms with Gasteiger partial charge in [-0.25, -0.2) is 0 Å². The molecule has 2 aliphatic heterocycles. The van der Waals surface area contributed by atoms with E-state index in [-0.39, 0.29) is 29.7 Å². The average Bonchev–Trinajstić information content (AvgIpc) is 2.90. The van der Waals surface area contributed by atoms with Crippen LogP contribution in [0, 0.1) is 0 Å². The Kier molecular flexibility index (Phi) is 9.17. The summed E-state index contributed by atoms with van der Waals surface area (Å²) in [5.41, 5.74) is 3.48. The summed E-state index contributed by atoms with van der Waals surface area (Å²) >= 11 is 18.4. The fourth-order valence-corrected chi connectivity index (χ4v) is 5.41. The highest BCUT2D eigenvalue weighted by molar-refractivity contribution is 6.42. The molecule has 2 heterocycles. The summed E-state index contributed by atoms with van der Waals surface area (Å²) in [6.45, 7) is 3.81. The van der Waals surface area contributed by atoms with E-state index in [1.165, 1.54) is 0 Å². The van der Waals surface area contributed by atoms with E-state index in [0.29, 0.717) is 66.9 Å². The minimum absolute atomic E-state index is 0.0437. The minimum atomic E-state index is -0.187. The predicted molar refractivity (Wildman–Crippen MR) is 147 cm³/mol. The van der Waals surface area contributed by atoms with E-state index in [0.717, 1.165) is 16.7 Å². The molecular formula is C28H30Cl3N3O3. The fraction of sp³-hybridized carbons (Fsp3) is 0.393. The highest BCUT2D eigenvalue weighted by Gasteiger charge is 2.34. The molecule has 1 N–H and O–H groups in total. The molecule has 0 radical (unpaired) electrons. The molecule has 2 aromatic carbocycles. The number of carbonyl (C=O) groups is 3. The van der Waals surface area contributed by atoms with Crippen molar-refractivity contribution >= 4 is 52.5 Å². The molecule has 3 amide bonds. The van der Waals surface area contributed by atoms with Gasteiger partial charge in [-0.1, -0.05) is 47.0 Å². The lowest BCUT2D eigenvalue weighted by Crippen LogP contribution is -2.51. The van der Waals surface area contributed by atoms with Crippen LogP contribution < -0.4 is 5.32 Å². The number of hydrogen-bond acceptors (Lipinski definition) is 3. The normalized spacial score (nSPS) is 19.9. The van der Waals surface area contributed by atoms with Gasteiger partial charge in [-0.3, -0.25) is 14.4 Å². The molecule has 0 bridgehead atoms. The molecule has 9 heteroatoms. The first kappa shape index (κ1) is 27.5. The maximum atomic E-state index is 13.2. The molecule has 4 rings (SSSR count). The van der Waals surface area contributed by atoms with Crippen molar-refractivity contribution in [2.24, 2.45) is 0 Å². The van der Waals surface area contributed by atoms with Gasteiger partial charge in [-0.15, -0.1) is 11.6 Å². The van der Waals surface area contributed by atoms with Crippen molar-refractivity contribution in [2.45, 2.75) is 44.0 Å². The van der Waals surface area contributed by atoms with Crippen LogP contribution in [0.3, 0.4) is 0 Å². The Morgan fingerprint density at radius 2 is 1.68 bits per heavy atom. The first-order valence-corrected chi connectivity index (χ1v) is 13.7. The number of nitrogens with zero attached hydrogens (tertiary/aromatic N) is 2. The van der Waals surface area contributed by atoms with Crippen molar-refractivity contribution in [1.82, 2.24) is 15.1 Å². The lowest BCUT2D eigenvalue weighted by atomic mass is 9.85. The molecular weight excluding hydrogens is 533 g/mol. The topological polar surface area (TPSA) is 69.7 Å². The summed E-state index contributed by atoms with van der Waals surface area (Å²) in [7, 11) is 0. The molecule has 6 nitrogen and oxygen atoms in total. The van der Waals surface area contributed by atoms with Gasteiger partial charge in [0.2, 0.25) is 11.8 Å². The molecule has 0 saturated carbocycles. The van der Waals surface area contributed by atoms with E-state index in [9.17, 15) is 14.4 Å². The number of hydrogen-bond donors (Lipinski definition) is 1. The van der Waals surface area contributed by atoms with Crippen LogP contribution >= 0.6 is 34.8 Å². The molecule has 2 atom stereocenters. The van der Waals surface area contributed by atoms with E-state index in [1.807, 2.05) is 29.2 Å². The second kappa shape index (κ2) is 12.3. The van der Waals surface area contributed by atoms with Crippen molar-refractivity contribution in [3.8, 4) is 0 Å². The lowest BCUT2D eigenvalue weighted by molar-refractivity contribution is -0.129. The second-order valence-electron chi connectivity index (χ2n) is 9.57. The second-order valence-corrected chi connectivity index (χ2v) is 10.7. The Hall–Kier alpha value is -2.54. The molecule has 2 fully saturated rings. The van der Waals surface area contributed by atoms with E-state index in [1.54, 1.807) is 36.1 Å². The molecule has 37 heavy (non-hydrogen) atoms. The third kappa shape index (κ3) is 6.86. The van der Waals surface area contributed by atoms with Crippen LogP contribution in [0.1, 0.15) is 53.6 Å². The maximum Gasteiger partial charge on any atom is 0.251 e. The zero-order valence-corrected chi connectivity index (χ0v) is 23.0. The van der Waals surface area contributed by atoms with Crippen LogP contribution in [-0.4, -0.2) is 59.7 Å². The number of likely N-dealkylation sites (tertiary alicyclic amines) is 2. The van der Waals surface area contributed by atoms with Gasteiger partial charge in [0.1, 0.15) is 0 Å². The van der Waals surface area contributed by atoms with Crippen molar-refractivity contribution in [1.29, 1.82) is 0 Å². The van der Waals surface area contributed by atoms with Crippen molar-refractivity contribution in [3.05, 3.63) is 80.8 Å². The molecule has 196 valence electrons. The molecule has 0 aliphatic carbocycles. The quantitative estimate of drug-likeness (QED) is 0.391. The summed E-state index contributed by atoms with van der Waals surface area (Å²) in [5.74, 6) is 0.0809. The number of nitrogens with one attached hydrogen (secondary N) is 1. The van der Waals surface area contributed by atoms with Gasteiger partial charge < -0.3 is 15.1 Å². The fourth-order valence-electron chi connectivity index (χ4n) is 4.92. The van der Waals surface area contributed by atoms with Crippen LogP contribution in [0.25, 0.3) is 0 Å². The van der Waals surface area contributed by atoms with Gasteiger partial charge in [0.05, 0.1) is 10.0 Å². The van der Waals surface area contributed by atoms with Crippen molar-refractivity contribution in [3.63, 3.8) is 0 Å². The minimum Gasteiger partial charge on any atom is -0.349 e. The van der Waals surface area contributed by atoms with E-state index in [2.05, 4.69) is 5.32 Å². The monoisotopic (exact) mass is 561 g/mol. The molecule has 2 saturated heterocycles. The standard InChI is InChI=1S/C28H30Cl3N3O3/c1-18(35)33-11-8-19(9-12-33)14-27(36)34-13-10-26(23(17-34)22-6-7-24(30)25(31)15-22)32-28(37)21-4-2-20(16-29)3-5-21/h2-7,14-15,23,26H,8-13,16-17H2,1H3,(H,32,37). The SMILES string of the molecule is CC(=O)N1CCC(=CC(=O)N2CCC(NC(=O)c3ccc(CCl)cc3)C(c3ccc(Cl)c(Cl)c3)C2)CC1. The Bertz CT molecular complexity index is 1190. The van der Waals surface area contributed by atoms with E-state index >= 15 is 0 Å². The number of benzene rings is 2. The smallest absolute Gasteiger partial charge is 0.251 e. The van der Waals surface area contributed by atoms with Crippen LogP contribution in [0.2, 0.25) is 10.0 Å². The Labute approximate surface area is 232 Å². The molecule has 0 aromatic heterocycles. The average molecular weight is 563 g/mol. The summed E-state index contributed by atoms with van der Waals surface area (Å²) in [4.78, 5) is 41.5. The van der Waals surface area contributed by atoms with Crippen molar-refractivity contribution in [2.75, 3.05) is 26.2 Å². The molecule has 2 unspecified atom stereocenters. The van der Waals surface area contributed by atoms with Gasteiger partial charge in [0.25, 0.3) is 5.91 Å². The third-order valence-electron chi connectivity index (χ3n) is 7.16. The first-order chi connectivity index (χ1) is 17.7. The number of carbonyl (C=O) groups excluding carboxylic acids is 3. The van der Waals surface area contributed by atoms with Gasteiger partial charge in [-0.05, 0) is 54.7 Å². The maximum absolute atomic E-state index is 13.2. The highest BCUT2D eigenvalue weighted by Crippen LogP contribution is 2.32. The van der Waals surface area contributed by atoms with Gasteiger partial charge in [0.15, 0.2) is 0 Å². The number of rotatable bonds is 5. The van der Waals surface area contributed by atoms with E-state index < -0.39 is 0 Å². The summed E-state index contributed by atoms with van der Waals surface area (Å²) in [6.07, 6.45) is 3.73. The summed E-state index contributed by atoms with van der Waals surface area (Å²) in [6, 6.07) is 12.5. The van der Waals surface area contributed by atoms with Crippen molar-refractivity contribution < 1.29 is 14.4 Å². The summed E-state index contributed by atoms with van der Waals surface area (Å²) < 4.78 is 0. The van der Waals surface area contributed by atoms with Gasteiger partial charge in [0, 0.05) is 62.6 Å². The largest absolute Gasteiger partial charge is 0.349 e. The number of piperidine rings is 2. The van der Waals surface area contributed by atoms with Crippen LogP contribution in [0.4, 0.5) is 0 Å². The number of alkyl halides is 1. The van der Waals surface area contributed by atoms with Gasteiger partial charge >= 0.3 is 0 Å². The number of amides is 3. The van der Waals surface area contributed by atoms with E-state index in [4.69, 9.17) is 34.8 Å². The summed E-state index contributed by atoms with van der Waals surface area (Å²) in [5, 5.41) is 4.06. The molecule has 0 spiro atoms. The van der Waals surface area contributed by atoms with Crippen LogP contribution in [-0.2, 0) is 15.5 Å². The Balaban J connectivity index is 1.50.